The van der Waals surface area contributed by atoms with Crippen molar-refractivity contribution in [3.05, 3.63) is 35.1 Å². The Hall–Kier alpha value is -1.39. The topological polar surface area (TPSA) is 64.9 Å². The molecule has 0 saturated heterocycles. The zero-order valence-corrected chi connectivity index (χ0v) is 12.2. The first-order valence-electron chi connectivity index (χ1n) is 6.96. The van der Waals surface area contributed by atoms with E-state index >= 15 is 0 Å². The normalized spacial score (nSPS) is 26.6. The van der Waals surface area contributed by atoms with Gasteiger partial charge in [-0.2, -0.15) is 4.98 Å². The lowest BCUT2D eigenvalue weighted by Crippen LogP contribution is -2.41. The number of nitrogens with two attached hydrogens (primary N) is 1. The molecule has 5 heteroatoms. The first kappa shape index (κ1) is 13.6. The van der Waals surface area contributed by atoms with E-state index in [1.54, 1.807) is 0 Å². The van der Waals surface area contributed by atoms with Gasteiger partial charge in [-0.1, -0.05) is 29.7 Å². The highest BCUT2D eigenvalue weighted by atomic mass is 35.5. The van der Waals surface area contributed by atoms with Crippen molar-refractivity contribution in [2.75, 3.05) is 0 Å². The van der Waals surface area contributed by atoms with Gasteiger partial charge < -0.3 is 10.3 Å². The highest BCUT2D eigenvalue weighted by Crippen LogP contribution is 2.36. The van der Waals surface area contributed by atoms with Crippen molar-refractivity contribution in [1.29, 1.82) is 0 Å². The van der Waals surface area contributed by atoms with Crippen molar-refractivity contribution in [2.45, 2.75) is 38.1 Å². The van der Waals surface area contributed by atoms with Crippen LogP contribution < -0.4 is 5.73 Å². The molecular weight excluding hydrogens is 274 g/mol. The monoisotopic (exact) mass is 291 g/mol. The van der Waals surface area contributed by atoms with Gasteiger partial charge in [0.15, 0.2) is 5.82 Å². The molecule has 0 radical (unpaired) electrons. The third-order valence-corrected chi connectivity index (χ3v) is 4.34. The summed E-state index contributed by atoms with van der Waals surface area (Å²) in [6.07, 6.45) is 4.03. The molecule has 1 aromatic heterocycles. The zero-order chi connectivity index (χ0) is 14.2. The Balaban J connectivity index is 1.87. The van der Waals surface area contributed by atoms with Gasteiger partial charge in [0.25, 0.3) is 5.89 Å². The second kappa shape index (κ2) is 5.19. The number of aromatic nitrogens is 2. The fourth-order valence-electron chi connectivity index (χ4n) is 2.67. The van der Waals surface area contributed by atoms with E-state index in [-0.39, 0.29) is 0 Å². The second-order valence-electron chi connectivity index (χ2n) is 5.77. The van der Waals surface area contributed by atoms with Crippen LogP contribution in [0.2, 0.25) is 5.02 Å². The predicted octanol–water partition coefficient (Wildman–Crippen LogP) is 3.75. The van der Waals surface area contributed by atoms with Gasteiger partial charge in [-0.3, -0.25) is 0 Å². The Morgan fingerprint density at radius 1 is 1.35 bits per heavy atom. The first-order valence-corrected chi connectivity index (χ1v) is 7.34. The number of hydrogen-bond donors (Lipinski definition) is 1. The summed E-state index contributed by atoms with van der Waals surface area (Å²) in [6, 6.07) is 7.39. The second-order valence-corrected chi connectivity index (χ2v) is 6.21. The number of rotatable bonds is 2. The molecule has 1 fully saturated rings. The maximum atomic E-state index is 6.45. The summed E-state index contributed by atoms with van der Waals surface area (Å²) in [5, 5.41) is 4.74. The van der Waals surface area contributed by atoms with Crippen molar-refractivity contribution < 1.29 is 4.52 Å². The minimum absolute atomic E-state index is 0.452. The summed E-state index contributed by atoms with van der Waals surface area (Å²) in [5.74, 6) is 1.82. The smallest absolute Gasteiger partial charge is 0.258 e. The molecule has 4 nitrogen and oxygen atoms in total. The van der Waals surface area contributed by atoms with Crippen molar-refractivity contribution in [2.24, 2.45) is 11.7 Å². The lowest BCUT2D eigenvalue weighted by atomic mass is 9.77. The van der Waals surface area contributed by atoms with Gasteiger partial charge in [0.1, 0.15) is 0 Å². The third kappa shape index (κ3) is 2.58. The molecule has 0 bridgehead atoms. The van der Waals surface area contributed by atoms with Crippen LogP contribution in [0, 0.1) is 5.92 Å². The summed E-state index contributed by atoms with van der Waals surface area (Å²) >= 11 is 5.98. The Morgan fingerprint density at radius 2 is 2.10 bits per heavy atom. The molecular formula is C15H18ClN3O. The molecule has 0 aliphatic heterocycles. The van der Waals surface area contributed by atoms with Crippen LogP contribution in [0.5, 0.6) is 0 Å². The molecule has 1 saturated carbocycles. The van der Waals surface area contributed by atoms with Crippen LogP contribution in [0.25, 0.3) is 11.5 Å². The van der Waals surface area contributed by atoms with E-state index in [0.717, 1.165) is 37.2 Å². The third-order valence-electron chi connectivity index (χ3n) is 4.11. The number of hydrogen-bond acceptors (Lipinski definition) is 4. The van der Waals surface area contributed by atoms with E-state index < -0.39 is 5.54 Å². The summed E-state index contributed by atoms with van der Waals surface area (Å²) < 4.78 is 5.35. The molecule has 20 heavy (non-hydrogen) atoms. The average molecular weight is 292 g/mol. The minimum Gasteiger partial charge on any atom is -0.334 e. The largest absolute Gasteiger partial charge is 0.334 e. The van der Waals surface area contributed by atoms with Gasteiger partial charge in [-0.25, -0.2) is 0 Å². The Morgan fingerprint density at radius 3 is 2.80 bits per heavy atom. The van der Waals surface area contributed by atoms with E-state index in [0.29, 0.717) is 16.7 Å². The standard InChI is InChI=1S/C15H18ClN3O/c1-10-5-7-15(17,8-6-10)14-18-13(20-19-14)11-3-2-4-12(16)9-11/h2-4,9-10H,5-8,17H2,1H3. The highest BCUT2D eigenvalue weighted by molar-refractivity contribution is 6.30. The maximum absolute atomic E-state index is 6.45. The summed E-state index contributed by atoms with van der Waals surface area (Å²) in [6.45, 7) is 2.26. The van der Waals surface area contributed by atoms with E-state index in [9.17, 15) is 0 Å². The maximum Gasteiger partial charge on any atom is 0.258 e. The van der Waals surface area contributed by atoms with E-state index in [1.807, 2.05) is 24.3 Å². The molecule has 3 rings (SSSR count). The van der Waals surface area contributed by atoms with Crippen LogP contribution in [0.4, 0.5) is 0 Å². The minimum atomic E-state index is -0.452. The van der Waals surface area contributed by atoms with Crippen molar-refractivity contribution in [3.63, 3.8) is 0 Å². The predicted molar refractivity (Wildman–Crippen MR) is 78.2 cm³/mol. The van der Waals surface area contributed by atoms with E-state index in [4.69, 9.17) is 21.9 Å². The van der Waals surface area contributed by atoms with Gasteiger partial charge in [-0.05, 0) is 49.8 Å². The molecule has 1 aliphatic rings. The molecule has 106 valence electrons. The van der Waals surface area contributed by atoms with E-state index in [2.05, 4.69) is 17.1 Å². The highest BCUT2D eigenvalue weighted by Gasteiger charge is 2.36. The number of benzene rings is 1. The van der Waals surface area contributed by atoms with Crippen molar-refractivity contribution in [1.82, 2.24) is 10.1 Å². The molecule has 1 aliphatic carbocycles. The van der Waals surface area contributed by atoms with Crippen molar-refractivity contribution in [3.8, 4) is 11.5 Å². The van der Waals surface area contributed by atoms with Gasteiger partial charge in [0, 0.05) is 10.6 Å². The molecule has 1 heterocycles. The molecule has 2 N–H and O–H groups in total. The van der Waals surface area contributed by atoms with Gasteiger partial charge in [-0.15, -0.1) is 0 Å². The van der Waals surface area contributed by atoms with E-state index in [1.165, 1.54) is 0 Å². The molecule has 0 atom stereocenters. The molecule has 1 aromatic carbocycles. The molecule has 0 spiro atoms. The Bertz CT molecular complexity index is 603. The SMILES string of the molecule is CC1CCC(N)(c2noc(-c3cccc(Cl)c3)n2)CC1. The number of nitrogens with zero attached hydrogens (tertiary/aromatic N) is 2. The Kier molecular flexibility index (Phi) is 3.52. The van der Waals surface area contributed by atoms with Crippen LogP contribution in [0.15, 0.2) is 28.8 Å². The average Bonchev–Trinajstić information content (AvgIpc) is 2.93. The van der Waals surface area contributed by atoms with Crippen LogP contribution in [-0.4, -0.2) is 10.1 Å². The number of halogens is 1. The van der Waals surface area contributed by atoms with Crippen molar-refractivity contribution >= 4 is 11.6 Å². The van der Waals surface area contributed by atoms with Crippen LogP contribution in [-0.2, 0) is 5.54 Å². The lowest BCUT2D eigenvalue weighted by Gasteiger charge is -2.33. The molecule has 2 aromatic rings. The Labute approximate surface area is 123 Å². The fourth-order valence-corrected chi connectivity index (χ4v) is 2.86. The molecule has 0 amide bonds. The van der Waals surface area contributed by atoms with Gasteiger partial charge in [0.2, 0.25) is 0 Å². The zero-order valence-electron chi connectivity index (χ0n) is 11.5. The first-order chi connectivity index (χ1) is 9.57. The lowest BCUT2D eigenvalue weighted by molar-refractivity contribution is 0.230. The summed E-state index contributed by atoms with van der Waals surface area (Å²) in [7, 11) is 0. The summed E-state index contributed by atoms with van der Waals surface area (Å²) in [5.41, 5.74) is 6.82. The van der Waals surface area contributed by atoms with Gasteiger partial charge in [0.05, 0.1) is 5.54 Å². The van der Waals surface area contributed by atoms with Crippen LogP contribution >= 0.6 is 11.6 Å². The quantitative estimate of drug-likeness (QED) is 0.915. The van der Waals surface area contributed by atoms with Gasteiger partial charge >= 0.3 is 0 Å². The van der Waals surface area contributed by atoms with Crippen LogP contribution in [0.3, 0.4) is 0 Å². The summed E-state index contributed by atoms with van der Waals surface area (Å²) in [4.78, 5) is 4.48. The van der Waals surface area contributed by atoms with Crippen LogP contribution in [0.1, 0.15) is 38.4 Å². The fraction of sp³-hybridized carbons (Fsp3) is 0.467. The molecule has 0 unspecified atom stereocenters.